The van der Waals surface area contributed by atoms with Crippen LogP contribution in [0.3, 0.4) is 0 Å². The maximum atomic E-state index is 5.59. The Hall–Kier alpha value is -0.550. The molecule has 3 unspecified atom stereocenters. The summed E-state index contributed by atoms with van der Waals surface area (Å²) >= 11 is 1.97. The summed E-state index contributed by atoms with van der Waals surface area (Å²) in [6, 6.07) is 0.354. The Bertz CT molecular complexity index is 402. The van der Waals surface area contributed by atoms with E-state index in [1.807, 2.05) is 11.8 Å². The summed E-state index contributed by atoms with van der Waals surface area (Å²) in [5, 5.41) is 8.17. The maximum Gasteiger partial charge on any atom is 0.231 e. The molecule has 2 rings (SSSR count). The molecule has 0 radical (unpaired) electrons. The second-order valence-corrected chi connectivity index (χ2v) is 7.27. The maximum absolute atomic E-state index is 5.59. The molecule has 1 aromatic heterocycles. The van der Waals surface area contributed by atoms with Crippen molar-refractivity contribution in [2.75, 3.05) is 12.3 Å². The molecule has 1 saturated heterocycles. The van der Waals surface area contributed by atoms with Gasteiger partial charge in [0.1, 0.15) is 0 Å². The van der Waals surface area contributed by atoms with Crippen LogP contribution in [0.4, 0.5) is 0 Å². The molecule has 20 heavy (non-hydrogen) atoms. The van der Waals surface area contributed by atoms with Gasteiger partial charge in [0, 0.05) is 6.04 Å². The zero-order chi connectivity index (χ0) is 14.5. The van der Waals surface area contributed by atoms with Crippen molar-refractivity contribution in [3.63, 3.8) is 0 Å². The molecule has 0 spiro atoms. The van der Waals surface area contributed by atoms with E-state index in [1.54, 1.807) is 0 Å². The third kappa shape index (κ3) is 3.76. The topological polar surface area (TPSA) is 51.0 Å². The fourth-order valence-corrected chi connectivity index (χ4v) is 4.22. The van der Waals surface area contributed by atoms with E-state index in [0.717, 1.165) is 18.3 Å². The average molecular weight is 297 g/mol. The van der Waals surface area contributed by atoms with Crippen LogP contribution in [0.1, 0.15) is 69.8 Å². The molecule has 0 bridgehead atoms. The highest BCUT2D eigenvalue weighted by atomic mass is 32.2. The number of aromatic nitrogens is 2. The van der Waals surface area contributed by atoms with E-state index in [0.29, 0.717) is 17.2 Å². The molecule has 3 atom stereocenters. The molecule has 1 fully saturated rings. The first kappa shape index (κ1) is 15.8. The quantitative estimate of drug-likeness (QED) is 0.866. The highest BCUT2D eigenvalue weighted by Crippen LogP contribution is 2.37. The van der Waals surface area contributed by atoms with Crippen molar-refractivity contribution in [2.45, 2.75) is 64.2 Å². The highest BCUT2D eigenvalue weighted by molar-refractivity contribution is 7.99. The molecule has 0 saturated carbocycles. The van der Waals surface area contributed by atoms with Crippen LogP contribution in [0.25, 0.3) is 0 Å². The monoisotopic (exact) mass is 297 g/mol. The average Bonchev–Trinajstić information content (AvgIpc) is 2.89. The van der Waals surface area contributed by atoms with Crippen molar-refractivity contribution in [3.05, 3.63) is 11.7 Å². The van der Waals surface area contributed by atoms with Crippen LogP contribution in [0.2, 0.25) is 0 Å². The van der Waals surface area contributed by atoms with Gasteiger partial charge in [-0.25, -0.2) is 0 Å². The van der Waals surface area contributed by atoms with Crippen LogP contribution in [0.5, 0.6) is 0 Å². The van der Waals surface area contributed by atoms with Gasteiger partial charge in [-0.2, -0.15) is 16.7 Å². The van der Waals surface area contributed by atoms with E-state index in [2.05, 4.69) is 38.2 Å². The third-order valence-corrected chi connectivity index (χ3v) is 5.37. The van der Waals surface area contributed by atoms with Crippen LogP contribution in [0.15, 0.2) is 4.52 Å². The van der Waals surface area contributed by atoms with E-state index in [1.165, 1.54) is 25.0 Å². The first-order chi connectivity index (χ1) is 9.63. The number of hydrogen-bond acceptors (Lipinski definition) is 5. The van der Waals surface area contributed by atoms with Crippen molar-refractivity contribution in [3.8, 4) is 0 Å². The zero-order valence-electron chi connectivity index (χ0n) is 13.1. The van der Waals surface area contributed by atoms with Gasteiger partial charge in [0.15, 0.2) is 5.82 Å². The van der Waals surface area contributed by atoms with Crippen molar-refractivity contribution < 1.29 is 4.52 Å². The Morgan fingerprint density at radius 1 is 1.35 bits per heavy atom. The van der Waals surface area contributed by atoms with Crippen LogP contribution >= 0.6 is 11.8 Å². The second-order valence-electron chi connectivity index (χ2n) is 5.96. The van der Waals surface area contributed by atoms with Gasteiger partial charge in [0.05, 0.1) is 11.2 Å². The van der Waals surface area contributed by atoms with E-state index >= 15 is 0 Å². The van der Waals surface area contributed by atoms with E-state index < -0.39 is 0 Å². The summed E-state index contributed by atoms with van der Waals surface area (Å²) in [6.45, 7) is 9.73. The van der Waals surface area contributed by atoms with Crippen molar-refractivity contribution >= 4 is 11.8 Å². The molecule has 0 amide bonds. The number of rotatable bonds is 6. The van der Waals surface area contributed by atoms with Gasteiger partial charge < -0.3 is 9.84 Å². The van der Waals surface area contributed by atoms with Crippen molar-refractivity contribution in [1.29, 1.82) is 0 Å². The summed E-state index contributed by atoms with van der Waals surface area (Å²) in [6.07, 6.45) is 3.78. The van der Waals surface area contributed by atoms with Gasteiger partial charge in [-0.05, 0) is 38.0 Å². The second kappa shape index (κ2) is 7.46. The molecule has 2 heterocycles. The molecule has 0 aliphatic carbocycles. The number of hydrogen-bond donors (Lipinski definition) is 1. The number of nitrogens with zero attached hydrogens (tertiary/aromatic N) is 2. The van der Waals surface area contributed by atoms with Crippen LogP contribution in [-0.2, 0) is 0 Å². The predicted molar refractivity (Wildman–Crippen MR) is 84.1 cm³/mol. The Labute approximate surface area is 126 Å². The Morgan fingerprint density at radius 3 is 2.75 bits per heavy atom. The number of thioether (sulfide) groups is 1. The van der Waals surface area contributed by atoms with Gasteiger partial charge in [0.25, 0.3) is 0 Å². The summed E-state index contributed by atoms with van der Waals surface area (Å²) in [5.74, 6) is 3.69. The molecular weight excluding hydrogens is 270 g/mol. The molecule has 1 aliphatic heterocycles. The Morgan fingerprint density at radius 2 is 2.15 bits per heavy atom. The zero-order valence-corrected chi connectivity index (χ0v) is 13.9. The molecule has 5 heteroatoms. The lowest BCUT2D eigenvalue weighted by Crippen LogP contribution is -2.34. The molecule has 1 aliphatic rings. The van der Waals surface area contributed by atoms with Gasteiger partial charge >= 0.3 is 0 Å². The number of likely N-dealkylation sites (N-methyl/N-ethyl adjacent to an activating group) is 1. The van der Waals surface area contributed by atoms with Gasteiger partial charge in [0.2, 0.25) is 5.89 Å². The Kier molecular flexibility index (Phi) is 5.90. The van der Waals surface area contributed by atoms with E-state index in [9.17, 15) is 0 Å². The van der Waals surface area contributed by atoms with Gasteiger partial charge in [-0.1, -0.05) is 32.3 Å². The summed E-state index contributed by atoms with van der Waals surface area (Å²) in [7, 11) is 0. The minimum Gasteiger partial charge on any atom is -0.339 e. The highest BCUT2D eigenvalue weighted by Gasteiger charge is 2.29. The van der Waals surface area contributed by atoms with Gasteiger partial charge in [-0.15, -0.1) is 0 Å². The van der Waals surface area contributed by atoms with Crippen molar-refractivity contribution in [2.24, 2.45) is 5.92 Å². The first-order valence-electron chi connectivity index (χ1n) is 7.82. The minimum absolute atomic E-state index is 0.282. The Balaban J connectivity index is 2.11. The summed E-state index contributed by atoms with van der Waals surface area (Å²) in [5.41, 5.74) is 0. The van der Waals surface area contributed by atoms with Crippen LogP contribution < -0.4 is 5.32 Å². The molecule has 0 aromatic carbocycles. The fraction of sp³-hybridized carbons (Fsp3) is 0.867. The van der Waals surface area contributed by atoms with E-state index in [-0.39, 0.29) is 5.92 Å². The summed E-state index contributed by atoms with van der Waals surface area (Å²) < 4.78 is 5.59. The van der Waals surface area contributed by atoms with Gasteiger partial charge in [-0.3, -0.25) is 0 Å². The smallest absolute Gasteiger partial charge is 0.231 e. The normalized spacial score (nSPS) is 22.9. The predicted octanol–water partition coefficient (Wildman–Crippen LogP) is 3.77. The SMILES string of the molecule is CCNC(C)C(c1nc(C2CCCCS2)no1)C(C)C. The molecule has 1 aromatic rings. The number of nitrogens with one attached hydrogen (secondary N) is 1. The largest absolute Gasteiger partial charge is 0.339 e. The van der Waals surface area contributed by atoms with E-state index in [4.69, 9.17) is 9.51 Å². The molecular formula is C15H27N3OS. The standard InChI is InChI=1S/C15H27N3OS/c1-5-16-11(4)13(10(2)3)15-17-14(18-19-15)12-8-6-7-9-20-12/h10-13,16H,5-9H2,1-4H3. The lowest BCUT2D eigenvalue weighted by Gasteiger charge is -2.24. The fourth-order valence-electron chi connectivity index (χ4n) is 2.98. The molecule has 4 nitrogen and oxygen atoms in total. The lowest BCUT2D eigenvalue weighted by molar-refractivity contribution is 0.280. The van der Waals surface area contributed by atoms with Crippen LogP contribution in [-0.4, -0.2) is 28.5 Å². The summed E-state index contributed by atoms with van der Waals surface area (Å²) in [4.78, 5) is 4.72. The third-order valence-electron chi connectivity index (χ3n) is 3.99. The molecule has 114 valence electrons. The lowest BCUT2D eigenvalue weighted by atomic mass is 9.89. The first-order valence-corrected chi connectivity index (χ1v) is 8.86. The minimum atomic E-state index is 0.282. The van der Waals surface area contributed by atoms with Crippen LogP contribution in [0, 0.1) is 5.92 Å². The molecule has 1 N–H and O–H groups in total. The van der Waals surface area contributed by atoms with Crippen molar-refractivity contribution in [1.82, 2.24) is 15.5 Å².